The van der Waals surface area contributed by atoms with Crippen LogP contribution < -0.4 is 9.47 Å². The molecular formula is C11H11ClN2O2S. The van der Waals surface area contributed by atoms with Crippen molar-refractivity contribution in [2.75, 3.05) is 6.61 Å². The quantitative estimate of drug-likeness (QED) is 0.781. The molecule has 0 radical (unpaired) electrons. The van der Waals surface area contributed by atoms with Gasteiger partial charge in [-0.25, -0.2) is 0 Å². The molecule has 0 atom stereocenters. The Morgan fingerprint density at radius 3 is 2.65 bits per heavy atom. The highest BCUT2D eigenvalue weighted by Crippen LogP contribution is 2.32. The molecule has 2 rings (SSSR count). The molecule has 4 nitrogen and oxygen atoms in total. The van der Waals surface area contributed by atoms with Crippen LogP contribution in [0.1, 0.15) is 11.9 Å². The number of rotatable bonds is 5. The van der Waals surface area contributed by atoms with E-state index in [1.165, 1.54) is 11.3 Å². The first-order chi connectivity index (χ1) is 8.33. The second-order valence-corrected chi connectivity index (χ2v) is 4.37. The van der Waals surface area contributed by atoms with Crippen molar-refractivity contribution in [1.29, 1.82) is 0 Å². The minimum Gasteiger partial charge on any atom is -0.490 e. The maximum Gasteiger partial charge on any atom is 0.299 e. The summed E-state index contributed by atoms with van der Waals surface area (Å²) < 4.78 is 11.1. The Labute approximate surface area is 108 Å². The second-order valence-electron chi connectivity index (χ2n) is 3.08. The van der Waals surface area contributed by atoms with Crippen LogP contribution in [-0.2, 0) is 5.88 Å². The van der Waals surface area contributed by atoms with E-state index in [4.69, 9.17) is 21.1 Å². The van der Waals surface area contributed by atoms with Crippen LogP contribution in [0.2, 0.25) is 0 Å². The monoisotopic (exact) mass is 270 g/mol. The van der Waals surface area contributed by atoms with Gasteiger partial charge in [0.25, 0.3) is 5.19 Å². The zero-order chi connectivity index (χ0) is 12.1. The molecule has 1 aromatic heterocycles. The normalized spacial score (nSPS) is 10.2. The number of nitrogens with zero attached hydrogens (tertiary/aromatic N) is 2. The van der Waals surface area contributed by atoms with Crippen molar-refractivity contribution in [3.63, 3.8) is 0 Å². The Hall–Kier alpha value is -1.33. The highest BCUT2D eigenvalue weighted by Gasteiger charge is 2.09. The van der Waals surface area contributed by atoms with Crippen LogP contribution in [0.5, 0.6) is 16.7 Å². The molecule has 0 spiro atoms. The number of halogens is 1. The summed E-state index contributed by atoms with van der Waals surface area (Å²) in [7, 11) is 0. The van der Waals surface area contributed by atoms with Gasteiger partial charge in [-0.1, -0.05) is 28.6 Å². The summed E-state index contributed by atoms with van der Waals surface area (Å²) in [6, 6.07) is 7.44. The zero-order valence-corrected chi connectivity index (χ0v) is 10.8. The van der Waals surface area contributed by atoms with Crippen LogP contribution in [0.4, 0.5) is 0 Å². The molecular weight excluding hydrogens is 260 g/mol. The van der Waals surface area contributed by atoms with Gasteiger partial charge in [0.2, 0.25) is 0 Å². The van der Waals surface area contributed by atoms with Gasteiger partial charge in [-0.05, 0) is 19.1 Å². The molecule has 1 aromatic carbocycles. The van der Waals surface area contributed by atoms with E-state index in [1.807, 2.05) is 31.2 Å². The van der Waals surface area contributed by atoms with Crippen molar-refractivity contribution >= 4 is 22.9 Å². The third-order valence-electron chi connectivity index (χ3n) is 1.91. The summed E-state index contributed by atoms with van der Waals surface area (Å²) in [6.07, 6.45) is 0. The summed E-state index contributed by atoms with van der Waals surface area (Å²) in [5.41, 5.74) is 0. The third kappa shape index (κ3) is 3.08. The van der Waals surface area contributed by atoms with Crippen LogP contribution >= 0.6 is 22.9 Å². The van der Waals surface area contributed by atoms with Gasteiger partial charge in [-0.3, -0.25) is 0 Å². The van der Waals surface area contributed by atoms with E-state index in [1.54, 1.807) is 0 Å². The average Bonchev–Trinajstić information content (AvgIpc) is 2.80. The number of aromatic nitrogens is 2. The molecule has 17 heavy (non-hydrogen) atoms. The highest BCUT2D eigenvalue weighted by atomic mass is 35.5. The molecule has 0 bridgehead atoms. The number of para-hydroxylation sites is 2. The minimum atomic E-state index is 0.341. The molecule has 0 saturated heterocycles. The molecule has 0 amide bonds. The molecule has 0 fully saturated rings. The number of benzene rings is 1. The van der Waals surface area contributed by atoms with Gasteiger partial charge in [0.15, 0.2) is 11.5 Å². The Kier molecular flexibility index (Phi) is 4.17. The lowest BCUT2D eigenvalue weighted by molar-refractivity contribution is 0.320. The largest absolute Gasteiger partial charge is 0.490 e. The van der Waals surface area contributed by atoms with Gasteiger partial charge in [0, 0.05) is 0 Å². The van der Waals surface area contributed by atoms with E-state index < -0.39 is 0 Å². The second kappa shape index (κ2) is 5.84. The fraction of sp³-hybridized carbons (Fsp3) is 0.273. The van der Waals surface area contributed by atoms with Crippen molar-refractivity contribution in [3.05, 3.63) is 29.3 Å². The first-order valence-electron chi connectivity index (χ1n) is 5.11. The molecule has 0 N–H and O–H groups in total. The third-order valence-corrected chi connectivity index (χ3v) is 3.12. The van der Waals surface area contributed by atoms with Crippen molar-refractivity contribution in [3.8, 4) is 16.7 Å². The standard InChI is InChI=1S/C11H11ClN2O2S/c1-2-15-8-5-3-4-6-9(8)16-11-14-13-10(7-12)17-11/h3-6H,2,7H2,1H3. The number of ether oxygens (including phenoxy) is 2. The molecule has 0 saturated carbocycles. The van der Waals surface area contributed by atoms with Crippen LogP contribution in [0, 0.1) is 0 Å². The van der Waals surface area contributed by atoms with Crippen LogP contribution in [0.3, 0.4) is 0 Å². The average molecular weight is 271 g/mol. The summed E-state index contributed by atoms with van der Waals surface area (Å²) in [4.78, 5) is 0. The number of hydrogen-bond acceptors (Lipinski definition) is 5. The minimum absolute atomic E-state index is 0.341. The predicted molar refractivity (Wildman–Crippen MR) is 67.2 cm³/mol. The molecule has 0 aliphatic rings. The Morgan fingerprint density at radius 1 is 1.24 bits per heavy atom. The van der Waals surface area contributed by atoms with E-state index in [9.17, 15) is 0 Å². The van der Waals surface area contributed by atoms with E-state index in [-0.39, 0.29) is 0 Å². The van der Waals surface area contributed by atoms with Gasteiger partial charge >= 0.3 is 0 Å². The number of hydrogen-bond donors (Lipinski definition) is 0. The SMILES string of the molecule is CCOc1ccccc1Oc1nnc(CCl)s1. The molecule has 0 aliphatic carbocycles. The maximum atomic E-state index is 5.65. The van der Waals surface area contributed by atoms with Crippen molar-refractivity contribution < 1.29 is 9.47 Å². The zero-order valence-electron chi connectivity index (χ0n) is 9.22. The van der Waals surface area contributed by atoms with Gasteiger partial charge in [0.1, 0.15) is 5.01 Å². The van der Waals surface area contributed by atoms with Crippen molar-refractivity contribution in [2.24, 2.45) is 0 Å². The Balaban J connectivity index is 2.17. The van der Waals surface area contributed by atoms with Crippen molar-refractivity contribution in [1.82, 2.24) is 10.2 Å². The fourth-order valence-corrected chi connectivity index (χ4v) is 2.00. The van der Waals surface area contributed by atoms with E-state index in [0.29, 0.717) is 29.2 Å². The van der Waals surface area contributed by atoms with E-state index in [2.05, 4.69) is 10.2 Å². The predicted octanol–water partition coefficient (Wildman–Crippen LogP) is 3.47. The van der Waals surface area contributed by atoms with Gasteiger partial charge in [-0.15, -0.1) is 16.7 Å². The summed E-state index contributed by atoms with van der Waals surface area (Å²) >= 11 is 6.97. The Bertz CT molecular complexity index is 490. The first kappa shape index (κ1) is 12.1. The molecule has 2 aromatic rings. The molecule has 6 heteroatoms. The molecule has 0 aliphatic heterocycles. The van der Waals surface area contributed by atoms with Gasteiger partial charge < -0.3 is 9.47 Å². The van der Waals surface area contributed by atoms with Crippen LogP contribution in [-0.4, -0.2) is 16.8 Å². The fourth-order valence-electron chi connectivity index (χ4n) is 1.24. The summed E-state index contributed by atoms with van der Waals surface area (Å²) in [5.74, 6) is 1.66. The lowest BCUT2D eigenvalue weighted by atomic mass is 10.3. The number of alkyl halides is 1. The molecule has 0 unspecified atom stereocenters. The topological polar surface area (TPSA) is 44.2 Å². The van der Waals surface area contributed by atoms with Crippen LogP contribution in [0.15, 0.2) is 24.3 Å². The summed E-state index contributed by atoms with van der Waals surface area (Å²) in [6.45, 7) is 2.51. The lowest BCUT2D eigenvalue weighted by Crippen LogP contribution is -1.94. The van der Waals surface area contributed by atoms with E-state index >= 15 is 0 Å². The van der Waals surface area contributed by atoms with Gasteiger partial charge in [-0.2, -0.15) is 0 Å². The lowest BCUT2D eigenvalue weighted by Gasteiger charge is -2.08. The Morgan fingerprint density at radius 2 is 2.00 bits per heavy atom. The van der Waals surface area contributed by atoms with Gasteiger partial charge in [0.05, 0.1) is 12.5 Å². The van der Waals surface area contributed by atoms with Crippen molar-refractivity contribution in [2.45, 2.75) is 12.8 Å². The highest BCUT2D eigenvalue weighted by molar-refractivity contribution is 7.13. The smallest absolute Gasteiger partial charge is 0.299 e. The summed E-state index contributed by atoms with van der Waals surface area (Å²) in [5, 5.41) is 8.96. The first-order valence-corrected chi connectivity index (χ1v) is 6.46. The van der Waals surface area contributed by atoms with Crippen LogP contribution in [0.25, 0.3) is 0 Å². The van der Waals surface area contributed by atoms with E-state index in [0.717, 1.165) is 5.01 Å². The maximum absolute atomic E-state index is 5.65. The molecule has 1 heterocycles. The molecule has 90 valence electrons.